The van der Waals surface area contributed by atoms with Crippen LogP contribution >= 0.6 is 0 Å². The number of furan rings is 1. The Balaban J connectivity index is 2.57. The van der Waals surface area contributed by atoms with E-state index in [1.54, 1.807) is 12.5 Å². The van der Waals surface area contributed by atoms with Crippen LogP contribution in [0.15, 0.2) is 23.0 Å². The van der Waals surface area contributed by atoms with E-state index in [9.17, 15) is 0 Å². The molecule has 1 N–H and O–H groups in total. The lowest BCUT2D eigenvalue weighted by Crippen LogP contribution is -2.08. The highest BCUT2D eigenvalue weighted by atomic mass is 16.3. The summed E-state index contributed by atoms with van der Waals surface area (Å²) in [7, 11) is 0. The van der Waals surface area contributed by atoms with E-state index in [4.69, 9.17) is 4.42 Å². The Morgan fingerprint density at radius 1 is 1.33 bits per heavy atom. The standard InChI is InChI=1S/C14H19N3O/c1-5-15-14-10(4)12(11-6-7-18-8-11)16-13(17-14)9(2)3/h6-9H,5H2,1-4H3,(H,15,16,17). The van der Waals surface area contributed by atoms with Crippen LogP contribution in [0.2, 0.25) is 0 Å². The Morgan fingerprint density at radius 3 is 2.67 bits per heavy atom. The van der Waals surface area contributed by atoms with E-state index in [1.807, 2.05) is 13.0 Å². The quantitative estimate of drug-likeness (QED) is 0.894. The van der Waals surface area contributed by atoms with E-state index in [-0.39, 0.29) is 0 Å². The molecule has 0 radical (unpaired) electrons. The molecule has 0 aliphatic carbocycles. The third-order valence-electron chi connectivity index (χ3n) is 2.82. The normalized spacial score (nSPS) is 10.9. The van der Waals surface area contributed by atoms with Crippen molar-refractivity contribution in [3.63, 3.8) is 0 Å². The minimum Gasteiger partial charge on any atom is -0.472 e. The molecule has 0 unspecified atom stereocenters. The predicted octanol–water partition coefficient (Wildman–Crippen LogP) is 3.60. The summed E-state index contributed by atoms with van der Waals surface area (Å²) in [6.07, 6.45) is 3.38. The molecule has 0 bridgehead atoms. The van der Waals surface area contributed by atoms with E-state index in [2.05, 4.69) is 36.1 Å². The number of hydrogen-bond acceptors (Lipinski definition) is 4. The highest BCUT2D eigenvalue weighted by molar-refractivity contribution is 5.67. The van der Waals surface area contributed by atoms with Gasteiger partial charge in [-0.1, -0.05) is 13.8 Å². The van der Waals surface area contributed by atoms with E-state index < -0.39 is 0 Å². The SMILES string of the molecule is CCNc1nc(C(C)C)nc(-c2ccoc2)c1C. The second kappa shape index (κ2) is 5.21. The molecule has 0 fully saturated rings. The van der Waals surface area contributed by atoms with Crippen molar-refractivity contribution in [1.29, 1.82) is 0 Å². The van der Waals surface area contributed by atoms with Crippen LogP contribution in [0, 0.1) is 6.92 Å². The maximum absolute atomic E-state index is 5.14. The molecule has 18 heavy (non-hydrogen) atoms. The average Bonchev–Trinajstić information content (AvgIpc) is 2.85. The summed E-state index contributed by atoms with van der Waals surface area (Å²) in [5.74, 6) is 2.06. The third kappa shape index (κ3) is 2.37. The minimum atomic E-state index is 0.300. The summed E-state index contributed by atoms with van der Waals surface area (Å²) < 4.78 is 5.14. The summed E-state index contributed by atoms with van der Waals surface area (Å²) in [5, 5.41) is 3.29. The van der Waals surface area contributed by atoms with E-state index in [0.29, 0.717) is 5.92 Å². The van der Waals surface area contributed by atoms with Crippen LogP contribution in [0.5, 0.6) is 0 Å². The topological polar surface area (TPSA) is 51.0 Å². The van der Waals surface area contributed by atoms with Crippen molar-refractivity contribution in [3.05, 3.63) is 30.0 Å². The van der Waals surface area contributed by atoms with Gasteiger partial charge < -0.3 is 9.73 Å². The van der Waals surface area contributed by atoms with E-state index >= 15 is 0 Å². The molecule has 2 aromatic heterocycles. The zero-order valence-corrected chi connectivity index (χ0v) is 11.3. The molecule has 2 heterocycles. The van der Waals surface area contributed by atoms with Gasteiger partial charge in [-0.05, 0) is 19.9 Å². The van der Waals surface area contributed by atoms with Gasteiger partial charge in [0.1, 0.15) is 11.6 Å². The molecule has 0 aliphatic rings. The summed E-state index contributed by atoms with van der Waals surface area (Å²) in [6.45, 7) is 9.14. The number of nitrogens with one attached hydrogen (secondary N) is 1. The van der Waals surface area contributed by atoms with Gasteiger partial charge in [-0.2, -0.15) is 0 Å². The lowest BCUT2D eigenvalue weighted by molar-refractivity contribution is 0.568. The largest absolute Gasteiger partial charge is 0.472 e. The van der Waals surface area contributed by atoms with Gasteiger partial charge in [0.05, 0.1) is 18.2 Å². The van der Waals surface area contributed by atoms with Crippen molar-refractivity contribution in [2.75, 3.05) is 11.9 Å². The van der Waals surface area contributed by atoms with Crippen molar-refractivity contribution in [1.82, 2.24) is 9.97 Å². The molecule has 4 heteroatoms. The lowest BCUT2D eigenvalue weighted by atomic mass is 10.1. The highest BCUT2D eigenvalue weighted by Crippen LogP contribution is 2.27. The van der Waals surface area contributed by atoms with Gasteiger partial charge in [-0.3, -0.25) is 0 Å². The van der Waals surface area contributed by atoms with Gasteiger partial charge in [-0.25, -0.2) is 9.97 Å². The first-order chi connectivity index (χ1) is 8.63. The fourth-order valence-electron chi connectivity index (χ4n) is 1.81. The molecule has 0 amide bonds. The summed E-state index contributed by atoms with van der Waals surface area (Å²) in [5.41, 5.74) is 3.00. The van der Waals surface area contributed by atoms with Crippen molar-refractivity contribution in [2.24, 2.45) is 0 Å². The van der Waals surface area contributed by atoms with Crippen molar-refractivity contribution < 1.29 is 4.42 Å². The van der Waals surface area contributed by atoms with E-state index in [1.165, 1.54) is 0 Å². The molecule has 0 saturated heterocycles. The monoisotopic (exact) mass is 245 g/mol. The fraction of sp³-hybridized carbons (Fsp3) is 0.429. The van der Waals surface area contributed by atoms with Gasteiger partial charge in [-0.15, -0.1) is 0 Å². The Hall–Kier alpha value is -1.84. The smallest absolute Gasteiger partial charge is 0.133 e. The Bertz CT molecular complexity index is 518. The maximum atomic E-state index is 5.14. The molecule has 2 rings (SSSR count). The predicted molar refractivity (Wildman–Crippen MR) is 72.7 cm³/mol. The number of hydrogen-bond donors (Lipinski definition) is 1. The second-order valence-electron chi connectivity index (χ2n) is 4.60. The summed E-state index contributed by atoms with van der Waals surface area (Å²) in [6, 6.07) is 1.93. The van der Waals surface area contributed by atoms with Gasteiger partial charge in [0, 0.05) is 23.6 Å². The number of aromatic nitrogens is 2. The highest BCUT2D eigenvalue weighted by Gasteiger charge is 2.14. The first-order valence-corrected chi connectivity index (χ1v) is 6.28. The van der Waals surface area contributed by atoms with Crippen LogP contribution in [-0.4, -0.2) is 16.5 Å². The molecule has 0 saturated carbocycles. The molecule has 0 spiro atoms. The van der Waals surface area contributed by atoms with Crippen LogP contribution < -0.4 is 5.32 Å². The molecule has 0 aliphatic heterocycles. The van der Waals surface area contributed by atoms with Gasteiger partial charge in [0.15, 0.2) is 0 Å². The molecule has 4 nitrogen and oxygen atoms in total. The van der Waals surface area contributed by atoms with Crippen molar-refractivity contribution >= 4 is 5.82 Å². The molecule has 96 valence electrons. The van der Waals surface area contributed by atoms with Crippen LogP contribution in [0.3, 0.4) is 0 Å². The molecular weight excluding hydrogens is 226 g/mol. The fourth-order valence-corrected chi connectivity index (χ4v) is 1.81. The number of anilines is 1. The van der Waals surface area contributed by atoms with Crippen LogP contribution in [0.1, 0.15) is 38.1 Å². The summed E-state index contributed by atoms with van der Waals surface area (Å²) >= 11 is 0. The maximum Gasteiger partial charge on any atom is 0.133 e. The third-order valence-corrected chi connectivity index (χ3v) is 2.82. The van der Waals surface area contributed by atoms with Crippen molar-refractivity contribution in [2.45, 2.75) is 33.6 Å². The second-order valence-corrected chi connectivity index (χ2v) is 4.60. The zero-order chi connectivity index (χ0) is 13.1. The Labute approximate surface area is 107 Å². The van der Waals surface area contributed by atoms with Gasteiger partial charge in [0.25, 0.3) is 0 Å². The summed E-state index contributed by atoms with van der Waals surface area (Å²) in [4.78, 5) is 9.23. The Kier molecular flexibility index (Phi) is 3.65. The van der Waals surface area contributed by atoms with Crippen molar-refractivity contribution in [3.8, 4) is 11.3 Å². The molecule has 2 aromatic rings. The number of nitrogens with zero attached hydrogens (tertiary/aromatic N) is 2. The van der Waals surface area contributed by atoms with Gasteiger partial charge in [0.2, 0.25) is 0 Å². The minimum absolute atomic E-state index is 0.300. The molecular formula is C14H19N3O. The average molecular weight is 245 g/mol. The Morgan fingerprint density at radius 2 is 2.11 bits per heavy atom. The molecule has 0 atom stereocenters. The first kappa shape index (κ1) is 12.6. The van der Waals surface area contributed by atoms with Crippen LogP contribution in [-0.2, 0) is 0 Å². The lowest BCUT2D eigenvalue weighted by Gasteiger charge is -2.13. The van der Waals surface area contributed by atoms with E-state index in [0.717, 1.165) is 35.0 Å². The van der Waals surface area contributed by atoms with Gasteiger partial charge >= 0.3 is 0 Å². The zero-order valence-electron chi connectivity index (χ0n) is 11.3. The first-order valence-electron chi connectivity index (χ1n) is 6.28. The van der Waals surface area contributed by atoms with Crippen LogP contribution in [0.25, 0.3) is 11.3 Å². The van der Waals surface area contributed by atoms with Crippen LogP contribution in [0.4, 0.5) is 5.82 Å². The number of rotatable bonds is 4. The molecule has 0 aromatic carbocycles.